The van der Waals surface area contributed by atoms with E-state index in [2.05, 4.69) is 58.8 Å². The molecule has 2 aromatic heterocycles. The average molecular weight is 476 g/mol. The molecule has 0 unspecified atom stereocenters. The largest absolute Gasteiger partial charge is 0.352 e. The Balaban J connectivity index is 1.62. The van der Waals surface area contributed by atoms with Gasteiger partial charge in [-0.05, 0) is 88.3 Å². The lowest BCUT2D eigenvalue weighted by molar-refractivity contribution is -0.116. The monoisotopic (exact) mass is 475 g/mol. The van der Waals surface area contributed by atoms with E-state index in [4.69, 9.17) is 12.2 Å². The Morgan fingerprint density at radius 3 is 2.59 bits per heavy atom. The number of hydrogen-bond donors (Lipinski definition) is 2. The quantitative estimate of drug-likeness (QED) is 0.449. The highest BCUT2D eigenvalue weighted by Crippen LogP contribution is 2.41. The molecule has 6 nitrogen and oxygen atoms in total. The van der Waals surface area contributed by atoms with Gasteiger partial charge in [-0.2, -0.15) is 0 Å². The molecule has 178 valence electrons. The minimum Gasteiger partial charge on any atom is -0.352 e. The zero-order chi connectivity index (χ0) is 24.4. The maximum Gasteiger partial charge on any atom is 0.226 e. The molecule has 0 aliphatic carbocycles. The summed E-state index contributed by atoms with van der Waals surface area (Å²) in [7, 11) is 0. The Labute approximate surface area is 207 Å². The van der Waals surface area contributed by atoms with Crippen molar-refractivity contribution >= 4 is 28.9 Å². The van der Waals surface area contributed by atoms with Gasteiger partial charge in [0.1, 0.15) is 0 Å². The number of nitrogens with zero attached hydrogens (tertiary/aromatic N) is 3. The van der Waals surface area contributed by atoms with Gasteiger partial charge >= 0.3 is 0 Å². The van der Waals surface area contributed by atoms with Crippen LogP contribution in [0.25, 0.3) is 0 Å². The third-order valence-electron chi connectivity index (χ3n) is 6.44. The van der Waals surface area contributed by atoms with Gasteiger partial charge in [0.15, 0.2) is 5.11 Å². The fourth-order valence-corrected chi connectivity index (χ4v) is 5.38. The first kappa shape index (κ1) is 24.0. The lowest BCUT2D eigenvalue weighted by Gasteiger charge is -2.28. The molecule has 4 rings (SSSR count). The van der Waals surface area contributed by atoms with E-state index in [1.807, 2.05) is 55.6 Å². The molecule has 0 radical (unpaired) electrons. The highest BCUT2D eigenvalue weighted by molar-refractivity contribution is 7.80. The van der Waals surface area contributed by atoms with E-state index >= 15 is 0 Å². The molecule has 1 aliphatic rings. The van der Waals surface area contributed by atoms with E-state index in [0.29, 0.717) is 24.1 Å². The van der Waals surface area contributed by atoms with Crippen LogP contribution in [0.4, 0.5) is 5.69 Å². The maximum absolute atomic E-state index is 12.8. The first-order valence-electron chi connectivity index (χ1n) is 11.8. The summed E-state index contributed by atoms with van der Waals surface area (Å²) in [5.74, 6) is -0.0268. The van der Waals surface area contributed by atoms with Crippen LogP contribution in [0.3, 0.4) is 0 Å². The molecule has 1 fully saturated rings. The van der Waals surface area contributed by atoms with Crippen molar-refractivity contribution in [1.82, 2.24) is 19.8 Å². The van der Waals surface area contributed by atoms with Gasteiger partial charge in [0.25, 0.3) is 0 Å². The SMILES string of the molecule is Cc1cccc(NC(=O)CCN2C(=S)N[C@H](c3ccccn3)[C@@H]2c2cc(C)n(C(C)C)c2C)c1. The number of aryl methyl sites for hydroxylation is 2. The van der Waals surface area contributed by atoms with Crippen molar-refractivity contribution in [2.75, 3.05) is 11.9 Å². The maximum atomic E-state index is 12.8. The lowest BCUT2D eigenvalue weighted by Crippen LogP contribution is -2.33. The summed E-state index contributed by atoms with van der Waals surface area (Å²) in [6, 6.07) is 16.3. The first-order chi connectivity index (χ1) is 16.3. The van der Waals surface area contributed by atoms with Crippen LogP contribution in [-0.4, -0.2) is 32.0 Å². The van der Waals surface area contributed by atoms with Gasteiger partial charge in [0, 0.05) is 42.3 Å². The standard InChI is InChI=1S/C27H33N5OS/c1-17(2)32-19(4)16-22(20(32)5)26-25(23-11-6-7-13-28-23)30-27(34)31(26)14-12-24(33)29-21-10-8-9-18(3)15-21/h6-11,13,15-17,25-26H,12,14H2,1-5H3,(H,29,33)(H,30,34)/t25-,26+/m1/s1. The zero-order valence-electron chi connectivity index (χ0n) is 20.5. The highest BCUT2D eigenvalue weighted by Gasteiger charge is 2.41. The number of hydrogen-bond acceptors (Lipinski definition) is 3. The summed E-state index contributed by atoms with van der Waals surface area (Å²) in [5.41, 5.74) is 6.53. The predicted octanol–water partition coefficient (Wildman–Crippen LogP) is 5.39. The Morgan fingerprint density at radius 1 is 1.15 bits per heavy atom. The first-order valence-corrected chi connectivity index (χ1v) is 12.2. The van der Waals surface area contributed by atoms with Crippen molar-refractivity contribution in [2.24, 2.45) is 0 Å². The molecule has 1 aromatic carbocycles. The van der Waals surface area contributed by atoms with E-state index < -0.39 is 0 Å². The second-order valence-corrected chi connectivity index (χ2v) is 9.66. The number of carbonyl (C=O) groups excluding carboxylic acids is 1. The number of rotatable bonds is 7. The summed E-state index contributed by atoms with van der Waals surface area (Å²) in [6.45, 7) is 11.2. The van der Waals surface area contributed by atoms with Crippen LogP contribution in [0.5, 0.6) is 0 Å². The van der Waals surface area contributed by atoms with Gasteiger partial charge in [0.05, 0.1) is 17.8 Å². The Hall–Kier alpha value is -3.19. The van der Waals surface area contributed by atoms with Crippen LogP contribution >= 0.6 is 12.2 Å². The molecule has 1 amide bonds. The fourth-order valence-electron chi connectivity index (χ4n) is 5.05. The van der Waals surface area contributed by atoms with Crippen LogP contribution < -0.4 is 10.6 Å². The molecule has 3 aromatic rings. The summed E-state index contributed by atoms with van der Waals surface area (Å²) < 4.78 is 2.36. The average Bonchev–Trinajstić information content (AvgIpc) is 3.27. The molecular weight excluding hydrogens is 442 g/mol. The molecule has 3 heterocycles. The molecule has 7 heteroatoms. The van der Waals surface area contributed by atoms with Gasteiger partial charge < -0.3 is 20.1 Å². The number of nitrogens with one attached hydrogen (secondary N) is 2. The molecule has 0 spiro atoms. The Bertz CT molecular complexity index is 1190. The number of amides is 1. The van der Waals surface area contributed by atoms with Gasteiger partial charge in [-0.15, -0.1) is 0 Å². The predicted molar refractivity (Wildman–Crippen MR) is 141 cm³/mol. The van der Waals surface area contributed by atoms with Crippen LogP contribution in [0.1, 0.15) is 66.6 Å². The normalized spacial score (nSPS) is 17.8. The van der Waals surface area contributed by atoms with Crippen molar-refractivity contribution in [1.29, 1.82) is 0 Å². The van der Waals surface area contributed by atoms with Crippen molar-refractivity contribution in [3.8, 4) is 0 Å². The number of thiocarbonyl (C=S) groups is 1. The zero-order valence-corrected chi connectivity index (χ0v) is 21.3. The van der Waals surface area contributed by atoms with E-state index in [-0.39, 0.29) is 18.0 Å². The number of anilines is 1. The van der Waals surface area contributed by atoms with Gasteiger partial charge in [-0.1, -0.05) is 18.2 Å². The molecule has 1 saturated heterocycles. The van der Waals surface area contributed by atoms with Crippen LogP contribution in [0.2, 0.25) is 0 Å². The van der Waals surface area contributed by atoms with Crippen LogP contribution in [0, 0.1) is 20.8 Å². The molecular formula is C27H33N5OS. The third-order valence-corrected chi connectivity index (χ3v) is 6.79. The lowest BCUT2D eigenvalue weighted by atomic mass is 9.96. The second kappa shape index (κ2) is 9.97. The van der Waals surface area contributed by atoms with E-state index in [9.17, 15) is 4.79 Å². The van der Waals surface area contributed by atoms with Gasteiger partial charge in [0.2, 0.25) is 5.91 Å². The van der Waals surface area contributed by atoms with E-state index in [1.165, 1.54) is 17.0 Å². The second-order valence-electron chi connectivity index (χ2n) is 9.28. The number of pyridine rings is 1. The van der Waals surface area contributed by atoms with Crippen molar-refractivity contribution in [3.63, 3.8) is 0 Å². The number of benzene rings is 1. The van der Waals surface area contributed by atoms with Crippen molar-refractivity contribution in [3.05, 3.63) is 82.9 Å². The van der Waals surface area contributed by atoms with Crippen molar-refractivity contribution in [2.45, 2.75) is 59.2 Å². The minimum atomic E-state index is -0.0883. The minimum absolute atomic E-state index is 0.0268. The van der Waals surface area contributed by atoms with E-state index in [0.717, 1.165) is 16.9 Å². The topological polar surface area (TPSA) is 62.2 Å². The Kier molecular flexibility index (Phi) is 7.03. The fraction of sp³-hybridized carbons (Fsp3) is 0.370. The number of carbonyl (C=O) groups is 1. The van der Waals surface area contributed by atoms with Crippen LogP contribution in [0.15, 0.2) is 54.7 Å². The summed E-state index contributed by atoms with van der Waals surface area (Å²) >= 11 is 5.78. The third kappa shape index (κ3) is 4.85. The summed E-state index contributed by atoms with van der Waals surface area (Å²) in [6.07, 6.45) is 2.15. The Morgan fingerprint density at radius 2 is 1.94 bits per heavy atom. The van der Waals surface area contributed by atoms with Gasteiger partial charge in [-0.3, -0.25) is 9.78 Å². The molecule has 2 atom stereocenters. The molecule has 1 aliphatic heterocycles. The smallest absolute Gasteiger partial charge is 0.226 e. The van der Waals surface area contributed by atoms with Crippen LogP contribution in [-0.2, 0) is 4.79 Å². The molecule has 2 N–H and O–H groups in total. The van der Waals surface area contributed by atoms with Crippen molar-refractivity contribution < 1.29 is 4.79 Å². The van der Waals surface area contributed by atoms with Gasteiger partial charge in [-0.25, -0.2) is 0 Å². The molecule has 0 bridgehead atoms. The molecule has 0 saturated carbocycles. The summed E-state index contributed by atoms with van der Waals surface area (Å²) in [5, 5.41) is 7.15. The molecule has 34 heavy (non-hydrogen) atoms. The van der Waals surface area contributed by atoms with E-state index in [1.54, 1.807) is 0 Å². The number of aromatic nitrogens is 2. The summed E-state index contributed by atoms with van der Waals surface area (Å²) in [4.78, 5) is 19.6. The highest BCUT2D eigenvalue weighted by atomic mass is 32.1.